The highest BCUT2D eigenvalue weighted by atomic mass is 16.6. The molecule has 0 spiro atoms. The molecule has 1 atom stereocenters. The van der Waals surface area contributed by atoms with E-state index in [2.05, 4.69) is 5.16 Å². The molecule has 1 aliphatic rings. The van der Waals surface area contributed by atoms with Gasteiger partial charge in [-0.1, -0.05) is 5.16 Å². The van der Waals surface area contributed by atoms with Gasteiger partial charge in [0.2, 0.25) is 5.88 Å². The summed E-state index contributed by atoms with van der Waals surface area (Å²) >= 11 is 0. The first-order valence-corrected chi connectivity index (χ1v) is 6.58. The normalized spacial score (nSPS) is 20.4. The smallest absolute Gasteiger partial charge is 0.410 e. The summed E-state index contributed by atoms with van der Waals surface area (Å²) in [4.78, 5) is 13.9. The standard InChI is InChI=1S/C13H21N3O3/c1-13(2,3)18-12(17)16-7-5-4-6-10(16)9-8-11(14)19-15-9/h8,10H,4-7,14H2,1-3H3/t10-/m1/s1. The molecule has 0 aromatic carbocycles. The number of nitrogen functional groups attached to an aromatic ring is 1. The Kier molecular flexibility index (Phi) is 3.68. The van der Waals surface area contributed by atoms with Gasteiger partial charge in [0.1, 0.15) is 11.3 Å². The zero-order valence-electron chi connectivity index (χ0n) is 11.7. The van der Waals surface area contributed by atoms with Crippen LogP contribution in [0, 0.1) is 0 Å². The maximum absolute atomic E-state index is 12.2. The first-order chi connectivity index (χ1) is 8.87. The molecule has 6 nitrogen and oxygen atoms in total. The van der Waals surface area contributed by atoms with Crippen molar-refractivity contribution in [3.8, 4) is 0 Å². The van der Waals surface area contributed by atoms with E-state index in [-0.39, 0.29) is 18.0 Å². The van der Waals surface area contributed by atoms with Crippen molar-refractivity contribution in [1.82, 2.24) is 10.1 Å². The summed E-state index contributed by atoms with van der Waals surface area (Å²) in [6.07, 6.45) is 2.57. The molecular weight excluding hydrogens is 246 g/mol. The Bertz CT molecular complexity index is 450. The van der Waals surface area contributed by atoms with Crippen LogP contribution in [0.2, 0.25) is 0 Å². The summed E-state index contributed by atoms with van der Waals surface area (Å²) in [5, 5.41) is 3.92. The van der Waals surface area contributed by atoms with Gasteiger partial charge >= 0.3 is 6.09 Å². The van der Waals surface area contributed by atoms with E-state index in [1.807, 2.05) is 20.8 Å². The van der Waals surface area contributed by atoms with Gasteiger partial charge in [-0.25, -0.2) is 4.79 Å². The van der Waals surface area contributed by atoms with Crippen LogP contribution in [0.15, 0.2) is 10.6 Å². The number of amides is 1. The fourth-order valence-electron chi connectivity index (χ4n) is 2.24. The monoisotopic (exact) mass is 267 g/mol. The Morgan fingerprint density at radius 3 is 2.84 bits per heavy atom. The van der Waals surface area contributed by atoms with Crippen LogP contribution in [-0.4, -0.2) is 28.3 Å². The van der Waals surface area contributed by atoms with Gasteiger partial charge < -0.3 is 15.0 Å². The first kappa shape index (κ1) is 13.7. The van der Waals surface area contributed by atoms with Crippen molar-refractivity contribution in [3.63, 3.8) is 0 Å². The predicted octanol–water partition coefficient (Wildman–Crippen LogP) is 2.72. The summed E-state index contributed by atoms with van der Waals surface area (Å²) in [7, 11) is 0. The van der Waals surface area contributed by atoms with Crippen molar-refractivity contribution in [3.05, 3.63) is 11.8 Å². The van der Waals surface area contributed by atoms with Gasteiger partial charge in [-0.15, -0.1) is 0 Å². The van der Waals surface area contributed by atoms with Gasteiger partial charge in [-0.2, -0.15) is 0 Å². The lowest BCUT2D eigenvalue weighted by Gasteiger charge is -2.35. The van der Waals surface area contributed by atoms with Crippen LogP contribution in [0.1, 0.15) is 51.8 Å². The zero-order valence-corrected chi connectivity index (χ0v) is 11.7. The number of anilines is 1. The second-order valence-electron chi connectivity index (χ2n) is 5.84. The molecule has 0 saturated carbocycles. The van der Waals surface area contributed by atoms with Crippen molar-refractivity contribution < 1.29 is 14.1 Å². The molecule has 6 heteroatoms. The van der Waals surface area contributed by atoms with Crippen molar-refractivity contribution in [2.24, 2.45) is 0 Å². The van der Waals surface area contributed by atoms with E-state index >= 15 is 0 Å². The molecule has 0 unspecified atom stereocenters. The van der Waals surface area contributed by atoms with Crippen molar-refractivity contribution in [2.45, 2.75) is 51.7 Å². The number of nitrogens with two attached hydrogens (primary N) is 1. The van der Waals surface area contributed by atoms with Gasteiger partial charge in [-0.3, -0.25) is 4.90 Å². The summed E-state index contributed by atoms with van der Waals surface area (Å²) in [5.41, 5.74) is 5.74. The van der Waals surface area contributed by atoms with E-state index in [4.69, 9.17) is 15.0 Å². The number of carbonyl (C=O) groups is 1. The third-order valence-corrected chi connectivity index (χ3v) is 3.02. The fraction of sp³-hybridized carbons (Fsp3) is 0.692. The molecule has 0 radical (unpaired) electrons. The number of likely N-dealkylation sites (tertiary alicyclic amines) is 1. The highest BCUT2D eigenvalue weighted by Crippen LogP contribution is 2.32. The highest BCUT2D eigenvalue weighted by molar-refractivity contribution is 5.69. The number of rotatable bonds is 1. The lowest BCUT2D eigenvalue weighted by atomic mass is 10.00. The molecule has 1 fully saturated rings. The van der Waals surface area contributed by atoms with Crippen LogP contribution in [0.5, 0.6) is 0 Å². The molecule has 1 saturated heterocycles. The number of ether oxygens (including phenoxy) is 1. The molecule has 0 aliphatic carbocycles. The van der Waals surface area contributed by atoms with Gasteiger partial charge in [0.15, 0.2) is 0 Å². The van der Waals surface area contributed by atoms with Gasteiger partial charge in [-0.05, 0) is 40.0 Å². The van der Waals surface area contributed by atoms with Crippen molar-refractivity contribution in [2.75, 3.05) is 12.3 Å². The van der Waals surface area contributed by atoms with E-state index in [9.17, 15) is 4.79 Å². The molecule has 2 rings (SSSR count). The number of nitrogens with zero attached hydrogens (tertiary/aromatic N) is 2. The fourth-order valence-corrected chi connectivity index (χ4v) is 2.24. The van der Waals surface area contributed by atoms with Gasteiger partial charge in [0, 0.05) is 12.6 Å². The zero-order chi connectivity index (χ0) is 14.0. The Labute approximate surface area is 112 Å². The molecule has 1 aliphatic heterocycles. The molecule has 2 heterocycles. The Hall–Kier alpha value is -1.72. The SMILES string of the molecule is CC(C)(C)OC(=O)N1CCCC[C@@H]1c1cc(N)on1. The molecule has 2 N–H and O–H groups in total. The van der Waals surface area contributed by atoms with Crippen LogP contribution in [0.4, 0.5) is 10.7 Å². The van der Waals surface area contributed by atoms with Crippen LogP contribution in [-0.2, 0) is 4.74 Å². The van der Waals surface area contributed by atoms with Gasteiger partial charge in [0.05, 0.1) is 6.04 Å². The second-order valence-corrected chi connectivity index (χ2v) is 5.84. The molecule has 1 aromatic rings. The predicted molar refractivity (Wildman–Crippen MR) is 70.4 cm³/mol. The number of hydrogen-bond donors (Lipinski definition) is 1. The molecular formula is C13H21N3O3. The molecule has 19 heavy (non-hydrogen) atoms. The van der Waals surface area contributed by atoms with Crippen LogP contribution >= 0.6 is 0 Å². The van der Waals surface area contributed by atoms with Crippen LogP contribution < -0.4 is 5.73 Å². The lowest BCUT2D eigenvalue weighted by Crippen LogP contribution is -2.42. The van der Waals surface area contributed by atoms with Crippen molar-refractivity contribution in [1.29, 1.82) is 0 Å². The third kappa shape index (κ3) is 3.39. The van der Waals surface area contributed by atoms with Gasteiger partial charge in [0.25, 0.3) is 0 Å². The number of piperidine rings is 1. The molecule has 1 amide bonds. The minimum atomic E-state index is -0.498. The summed E-state index contributed by atoms with van der Waals surface area (Å²) in [6, 6.07) is 1.57. The van der Waals surface area contributed by atoms with E-state index in [1.165, 1.54) is 0 Å². The maximum Gasteiger partial charge on any atom is 0.410 e. The third-order valence-electron chi connectivity index (χ3n) is 3.02. The average Bonchev–Trinajstić information content (AvgIpc) is 2.73. The van der Waals surface area contributed by atoms with Crippen LogP contribution in [0.3, 0.4) is 0 Å². The Morgan fingerprint density at radius 1 is 1.53 bits per heavy atom. The quantitative estimate of drug-likeness (QED) is 0.846. The maximum atomic E-state index is 12.2. The van der Waals surface area contributed by atoms with Crippen LogP contribution in [0.25, 0.3) is 0 Å². The number of aromatic nitrogens is 1. The van der Waals surface area contributed by atoms with E-state index < -0.39 is 5.60 Å². The van der Waals surface area contributed by atoms with Crippen molar-refractivity contribution >= 4 is 12.0 Å². The largest absolute Gasteiger partial charge is 0.444 e. The minimum absolute atomic E-state index is 0.107. The van der Waals surface area contributed by atoms with E-state index in [0.29, 0.717) is 12.2 Å². The summed E-state index contributed by atoms with van der Waals surface area (Å²) < 4.78 is 10.3. The topological polar surface area (TPSA) is 81.6 Å². The van der Waals surface area contributed by atoms with E-state index in [1.54, 1.807) is 11.0 Å². The summed E-state index contributed by atoms with van der Waals surface area (Å²) in [5.74, 6) is 0.268. The Balaban J connectivity index is 2.14. The highest BCUT2D eigenvalue weighted by Gasteiger charge is 2.33. The molecule has 1 aromatic heterocycles. The minimum Gasteiger partial charge on any atom is -0.444 e. The lowest BCUT2D eigenvalue weighted by molar-refractivity contribution is 0.00870. The second kappa shape index (κ2) is 5.11. The number of hydrogen-bond acceptors (Lipinski definition) is 5. The first-order valence-electron chi connectivity index (χ1n) is 6.58. The average molecular weight is 267 g/mol. The number of carbonyl (C=O) groups excluding carboxylic acids is 1. The Morgan fingerprint density at radius 2 is 2.26 bits per heavy atom. The summed E-state index contributed by atoms with van der Waals surface area (Å²) in [6.45, 7) is 6.25. The van der Waals surface area contributed by atoms with E-state index in [0.717, 1.165) is 19.3 Å². The molecule has 0 bridgehead atoms. The molecule has 106 valence electrons.